The summed E-state index contributed by atoms with van der Waals surface area (Å²) in [5, 5.41) is 18.7. The third kappa shape index (κ3) is 3.50. The SMILES string of the molecule is CCC(C)Cn1cc[n+](Cc2ccc(O)c(O)c2)c1. The Hall–Kier alpha value is -1.97. The second-order valence-electron chi connectivity index (χ2n) is 5.12. The van der Waals surface area contributed by atoms with Crippen LogP contribution in [0.25, 0.3) is 0 Å². The fourth-order valence-electron chi connectivity index (χ4n) is 2.01. The van der Waals surface area contributed by atoms with Gasteiger partial charge < -0.3 is 10.2 Å². The van der Waals surface area contributed by atoms with Gasteiger partial charge in [-0.1, -0.05) is 19.9 Å². The summed E-state index contributed by atoms with van der Waals surface area (Å²) >= 11 is 0. The van der Waals surface area contributed by atoms with Gasteiger partial charge in [-0.25, -0.2) is 9.13 Å². The topological polar surface area (TPSA) is 49.3 Å². The van der Waals surface area contributed by atoms with Crippen LogP contribution in [0.4, 0.5) is 0 Å². The van der Waals surface area contributed by atoms with Crippen molar-refractivity contribution in [3.05, 3.63) is 42.5 Å². The van der Waals surface area contributed by atoms with Crippen LogP contribution in [0, 0.1) is 5.92 Å². The summed E-state index contributed by atoms with van der Waals surface area (Å²) in [7, 11) is 0. The van der Waals surface area contributed by atoms with Gasteiger partial charge in [-0.2, -0.15) is 0 Å². The van der Waals surface area contributed by atoms with Gasteiger partial charge in [0.25, 0.3) is 0 Å². The molecule has 0 fully saturated rings. The molecule has 2 rings (SSSR count). The number of phenols is 2. The molecule has 1 aromatic carbocycles. The molecule has 0 saturated carbocycles. The number of phenolic OH excluding ortho intramolecular Hbond substituents is 2. The number of aromatic nitrogens is 2. The van der Waals surface area contributed by atoms with E-state index in [9.17, 15) is 10.2 Å². The van der Waals surface area contributed by atoms with Crippen LogP contribution in [-0.4, -0.2) is 14.8 Å². The minimum absolute atomic E-state index is 0.0721. The van der Waals surface area contributed by atoms with Gasteiger partial charge in [-0.05, 0) is 30.0 Å². The lowest BCUT2D eigenvalue weighted by molar-refractivity contribution is -0.687. The van der Waals surface area contributed by atoms with Crippen molar-refractivity contribution in [2.45, 2.75) is 33.4 Å². The standard InChI is InChI=1S/C15H20N2O2/c1-3-12(2)9-16-6-7-17(11-16)10-13-4-5-14(18)15(19)8-13/h4-8,11-12H,3,9-10H2,1-2H3,(H-,18,19)/p+1. The maximum atomic E-state index is 9.47. The lowest BCUT2D eigenvalue weighted by atomic mass is 10.1. The quantitative estimate of drug-likeness (QED) is 0.641. The van der Waals surface area contributed by atoms with Crippen molar-refractivity contribution in [1.82, 2.24) is 4.57 Å². The van der Waals surface area contributed by atoms with Crippen molar-refractivity contribution in [1.29, 1.82) is 0 Å². The molecule has 0 amide bonds. The summed E-state index contributed by atoms with van der Waals surface area (Å²) in [4.78, 5) is 0. The van der Waals surface area contributed by atoms with E-state index in [0.717, 1.165) is 12.1 Å². The van der Waals surface area contributed by atoms with Gasteiger partial charge in [0, 0.05) is 0 Å². The monoisotopic (exact) mass is 261 g/mol. The van der Waals surface area contributed by atoms with E-state index in [1.165, 1.54) is 12.5 Å². The Balaban J connectivity index is 2.05. The highest BCUT2D eigenvalue weighted by atomic mass is 16.3. The number of nitrogens with zero attached hydrogens (tertiary/aromatic N) is 2. The summed E-state index contributed by atoms with van der Waals surface area (Å²) in [6.45, 7) is 6.13. The molecule has 102 valence electrons. The molecule has 1 atom stereocenters. The normalized spacial score (nSPS) is 12.5. The van der Waals surface area contributed by atoms with Crippen LogP contribution in [0.1, 0.15) is 25.8 Å². The maximum absolute atomic E-state index is 9.47. The molecule has 1 heterocycles. The summed E-state index contributed by atoms with van der Waals surface area (Å²) in [6, 6.07) is 4.92. The molecule has 0 aliphatic heterocycles. The zero-order valence-corrected chi connectivity index (χ0v) is 11.5. The first-order valence-corrected chi connectivity index (χ1v) is 6.64. The first-order chi connectivity index (χ1) is 9.08. The minimum Gasteiger partial charge on any atom is -0.504 e. The van der Waals surface area contributed by atoms with Gasteiger partial charge in [-0.3, -0.25) is 0 Å². The first kappa shape index (κ1) is 13.5. The highest BCUT2D eigenvalue weighted by Gasteiger charge is 2.09. The molecule has 2 aromatic rings. The van der Waals surface area contributed by atoms with Gasteiger partial charge in [0.2, 0.25) is 6.33 Å². The summed E-state index contributed by atoms with van der Waals surface area (Å²) in [5.41, 5.74) is 0.960. The Morgan fingerprint density at radius 2 is 2.05 bits per heavy atom. The van der Waals surface area contributed by atoms with E-state index in [1.54, 1.807) is 6.07 Å². The zero-order valence-electron chi connectivity index (χ0n) is 11.5. The smallest absolute Gasteiger partial charge is 0.244 e. The van der Waals surface area contributed by atoms with Crippen LogP contribution < -0.4 is 4.57 Å². The van der Waals surface area contributed by atoms with E-state index < -0.39 is 0 Å². The molecule has 0 spiro atoms. The number of hydrogen-bond acceptors (Lipinski definition) is 2. The average Bonchev–Trinajstić information content (AvgIpc) is 2.81. The average molecular weight is 261 g/mol. The maximum Gasteiger partial charge on any atom is 0.244 e. The van der Waals surface area contributed by atoms with Crippen molar-refractivity contribution < 1.29 is 14.8 Å². The number of imidazole rings is 1. The van der Waals surface area contributed by atoms with Crippen molar-refractivity contribution in [3.8, 4) is 11.5 Å². The van der Waals surface area contributed by atoms with Crippen LogP contribution >= 0.6 is 0 Å². The highest BCUT2D eigenvalue weighted by molar-refractivity contribution is 5.40. The van der Waals surface area contributed by atoms with E-state index in [2.05, 4.69) is 35.5 Å². The van der Waals surface area contributed by atoms with Gasteiger partial charge in [0.1, 0.15) is 18.9 Å². The van der Waals surface area contributed by atoms with Crippen LogP contribution in [0.5, 0.6) is 11.5 Å². The first-order valence-electron chi connectivity index (χ1n) is 6.64. The number of rotatable bonds is 5. The molecule has 19 heavy (non-hydrogen) atoms. The summed E-state index contributed by atoms with van der Waals surface area (Å²) in [5.74, 6) is 0.513. The van der Waals surface area contributed by atoms with Crippen molar-refractivity contribution in [2.75, 3.05) is 0 Å². The Labute approximate surface area is 113 Å². The zero-order chi connectivity index (χ0) is 13.8. The van der Waals surface area contributed by atoms with Gasteiger partial charge in [0.15, 0.2) is 11.5 Å². The fourth-order valence-corrected chi connectivity index (χ4v) is 2.01. The minimum atomic E-state index is -0.0805. The van der Waals surface area contributed by atoms with Crippen LogP contribution in [0.2, 0.25) is 0 Å². The fraction of sp³-hybridized carbons (Fsp3) is 0.400. The van der Waals surface area contributed by atoms with Gasteiger partial charge >= 0.3 is 0 Å². The Morgan fingerprint density at radius 1 is 1.26 bits per heavy atom. The molecule has 0 aliphatic rings. The van der Waals surface area contributed by atoms with E-state index in [4.69, 9.17) is 0 Å². The molecule has 1 aromatic heterocycles. The molecule has 0 saturated heterocycles. The molecule has 0 radical (unpaired) electrons. The van der Waals surface area contributed by atoms with E-state index in [1.807, 2.05) is 12.3 Å². The molecular weight excluding hydrogens is 240 g/mol. The third-order valence-corrected chi connectivity index (χ3v) is 3.37. The molecule has 1 unspecified atom stereocenters. The van der Waals surface area contributed by atoms with Crippen LogP contribution in [0.3, 0.4) is 0 Å². The lowest BCUT2D eigenvalue weighted by Crippen LogP contribution is -2.31. The molecule has 0 aliphatic carbocycles. The third-order valence-electron chi connectivity index (χ3n) is 3.37. The van der Waals surface area contributed by atoms with Crippen LogP contribution in [0.15, 0.2) is 36.9 Å². The molecule has 4 heteroatoms. The highest BCUT2D eigenvalue weighted by Crippen LogP contribution is 2.24. The molecule has 4 nitrogen and oxygen atoms in total. The Kier molecular flexibility index (Phi) is 4.10. The summed E-state index contributed by atoms with van der Waals surface area (Å²) in [6.07, 6.45) is 7.32. The summed E-state index contributed by atoms with van der Waals surface area (Å²) < 4.78 is 4.24. The van der Waals surface area contributed by atoms with Crippen molar-refractivity contribution in [2.24, 2.45) is 5.92 Å². The Bertz CT molecular complexity index is 549. The number of benzene rings is 1. The second kappa shape index (κ2) is 5.78. The largest absolute Gasteiger partial charge is 0.504 e. The van der Waals surface area contributed by atoms with Gasteiger partial charge in [0.05, 0.1) is 6.54 Å². The van der Waals surface area contributed by atoms with Crippen molar-refractivity contribution >= 4 is 0 Å². The molecule has 2 N–H and O–H groups in total. The van der Waals surface area contributed by atoms with E-state index >= 15 is 0 Å². The predicted octanol–water partition coefficient (Wildman–Crippen LogP) is 2.28. The van der Waals surface area contributed by atoms with E-state index in [0.29, 0.717) is 12.5 Å². The van der Waals surface area contributed by atoms with Gasteiger partial charge in [-0.15, -0.1) is 0 Å². The van der Waals surface area contributed by atoms with Crippen LogP contribution in [-0.2, 0) is 13.1 Å². The molecular formula is C15H21N2O2+. The number of hydrogen-bond donors (Lipinski definition) is 2. The van der Waals surface area contributed by atoms with Crippen molar-refractivity contribution in [3.63, 3.8) is 0 Å². The predicted molar refractivity (Wildman–Crippen MR) is 73.0 cm³/mol. The molecule has 0 bridgehead atoms. The lowest BCUT2D eigenvalue weighted by Gasteiger charge is -2.04. The Morgan fingerprint density at radius 3 is 2.74 bits per heavy atom. The number of aromatic hydroxyl groups is 2. The van der Waals surface area contributed by atoms with E-state index in [-0.39, 0.29) is 11.5 Å². The second-order valence-corrected chi connectivity index (χ2v) is 5.12.